The molecule has 1 heterocycles. The molecule has 0 aromatic heterocycles. The second kappa shape index (κ2) is 8.75. The van der Waals surface area contributed by atoms with E-state index in [9.17, 15) is 19.2 Å². The summed E-state index contributed by atoms with van der Waals surface area (Å²) in [5, 5.41) is 2.88. The van der Waals surface area contributed by atoms with E-state index in [-0.39, 0.29) is 48.8 Å². The Morgan fingerprint density at radius 2 is 1.81 bits per heavy atom. The molecule has 1 rings (SSSR count). The summed E-state index contributed by atoms with van der Waals surface area (Å²) in [5.74, 6) is -0.842. The second-order valence-corrected chi connectivity index (χ2v) is 8.42. The number of hydrogen-bond acceptors (Lipinski definition) is 5. The molecule has 0 spiro atoms. The second-order valence-electron chi connectivity index (χ2n) is 8.42. The molecule has 26 heavy (non-hydrogen) atoms. The predicted molar refractivity (Wildman–Crippen MR) is 97.3 cm³/mol. The maximum atomic E-state index is 12.2. The van der Waals surface area contributed by atoms with Gasteiger partial charge in [0.2, 0.25) is 17.7 Å². The van der Waals surface area contributed by atoms with Crippen LogP contribution >= 0.6 is 0 Å². The van der Waals surface area contributed by atoms with Crippen molar-refractivity contribution in [3.63, 3.8) is 0 Å². The molecule has 1 fully saturated rings. The largest absolute Gasteiger partial charge is 0.373 e. The number of ketones is 1. The van der Waals surface area contributed by atoms with Crippen LogP contribution < -0.4 is 5.32 Å². The number of carbonyl (C=O) groups excluding carboxylic acids is 4. The topological polar surface area (TPSA) is 92.8 Å². The van der Waals surface area contributed by atoms with Crippen LogP contribution in [0.5, 0.6) is 0 Å². The van der Waals surface area contributed by atoms with Crippen LogP contribution in [0.15, 0.2) is 0 Å². The first-order chi connectivity index (χ1) is 11.8. The minimum atomic E-state index is -0.600. The molecule has 0 bridgehead atoms. The summed E-state index contributed by atoms with van der Waals surface area (Å²) in [6, 6.07) is 0. The van der Waals surface area contributed by atoms with Crippen molar-refractivity contribution in [2.45, 2.75) is 78.4 Å². The quantitative estimate of drug-likeness (QED) is 0.594. The Kier molecular flexibility index (Phi) is 7.50. The molecule has 0 aliphatic carbocycles. The minimum Gasteiger partial charge on any atom is -0.373 e. The van der Waals surface area contributed by atoms with Crippen molar-refractivity contribution >= 4 is 23.5 Å². The van der Waals surface area contributed by atoms with Gasteiger partial charge in [-0.1, -0.05) is 6.92 Å². The highest BCUT2D eigenvalue weighted by atomic mass is 16.5. The molecular formula is C19H32N2O5. The summed E-state index contributed by atoms with van der Waals surface area (Å²) >= 11 is 0. The number of imide groups is 1. The van der Waals surface area contributed by atoms with E-state index in [1.807, 2.05) is 27.7 Å². The first-order valence-corrected chi connectivity index (χ1v) is 9.11. The van der Waals surface area contributed by atoms with Gasteiger partial charge in [0.15, 0.2) is 0 Å². The molecule has 7 nitrogen and oxygen atoms in total. The molecule has 1 saturated heterocycles. The Labute approximate surface area is 155 Å². The van der Waals surface area contributed by atoms with Gasteiger partial charge in [-0.25, -0.2) is 0 Å². The summed E-state index contributed by atoms with van der Waals surface area (Å²) in [4.78, 5) is 48.1. The SMILES string of the molecule is CC(=O)CCC(C)(C)OCC(C)(C)NC(=O)CCN1C(=O)CC(C)C1=O. The third kappa shape index (κ3) is 7.23. The molecular weight excluding hydrogens is 336 g/mol. The highest BCUT2D eigenvalue weighted by molar-refractivity contribution is 6.03. The number of Topliss-reactive ketones (excluding diaryl/α,β-unsaturated/α-hetero) is 1. The van der Waals surface area contributed by atoms with Gasteiger partial charge in [0.05, 0.1) is 17.7 Å². The zero-order valence-corrected chi connectivity index (χ0v) is 16.8. The van der Waals surface area contributed by atoms with Crippen molar-refractivity contribution in [2.75, 3.05) is 13.2 Å². The molecule has 1 aliphatic rings. The van der Waals surface area contributed by atoms with E-state index in [0.29, 0.717) is 19.4 Å². The van der Waals surface area contributed by atoms with E-state index in [0.717, 1.165) is 0 Å². The number of nitrogens with zero attached hydrogens (tertiary/aromatic N) is 1. The zero-order valence-electron chi connectivity index (χ0n) is 16.8. The van der Waals surface area contributed by atoms with Crippen LogP contribution in [0.4, 0.5) is 0 Å². The lowest BCUT2D eigenvalue weighted by Gasteiger charge is -2.32. The Bertz CT molecular complexity index is 568. The summed E-state index contributed by atoms with van der Waals surface area (Å²) in [5.41, 5.74) is -1.06. The van der Waals surface area contributed by atoms with Crippen molar-refractivity contribution in [1.82, 2.24) is 10.2 Å². The summed E-state index contributed by atoms with van der Waals surface area (Å²) in [6.07, 6.45) is 1.36. The van der Waals surface area contributed by atoms with Crippen LogP contribution in [-0.4, -0.2) is 52.7 Å². The summed E-state index contributed by atoms with van der Waals surface area (Å²) in [6.45, 7) is 11.2. The van der Waals surface area contributed by atoms with Crippen LogP contribution in [0.1, 0.15) is 67.2 Å². The fourth-order valence-corrected chi connectivity index (χ4v) is 2.70. The lowest BCUT2D eigenvalue weighted by molar-refractivity contribution is -0.139. The number of ether oxygens (including phenoxy) is 1. The average Bonchev–Trinajstić information content (AvgIpc) is 2.74. The first-order valence-electron chi connectivity index (χ1n) is 9.11. The van der Waals surface area contributed by atoms with Crippen molar-refractivity contribution in [1.29, 1.82) is 0 Å². The smallest absolute Gasteiger partial charge is 0.232 e. The Hall–Kier alpha value is -1.76. The number of likely N-dealkylation sites (tertiary alicyclic amines) is 1. The van der Waals surface area contributed by atoms with Gasteiger partial charge in [-0.2, -0.15) is 0 Å². The Balaban J connectivity index is 2.43. The lowest BCUT2D eigenvalue weighted by Crippen LogP contribution is -2.49. The highest BCUT2D eigenvalue weighted by Crippen LogP contribution is 2.20. The monoisotopic (exact) mass is 368 g/mol. The Morgan fingerprint density at radius 3 is 2.31 bits per heavy atom. The third-order valence-corrected chi connectivity index (χ3v) is 4.41. The van der Waals surface area contributed by atoms with Gasteiger partial charge in [-0.15, -0.1) is 0 Å². The van der Waals surface area contributed by atoms with Gasteiger partial charge in [-0.3, -0.25) is 19.3 Å². The van der Waals surface area contributed by atoms with E-state index >= 15 is 0 Å². The molecule has 7 heteroatoms. The van der Waals surface area contributed by atoms with Gasteiger partial charge in [-0.05, 0) is 41.0 Å². The van der Waals surface area contributed by atoms with Crippen molar-refractivity contribution in [3.8, 4) is 0 Å². The summed E-state index contributed by atoms with van der Waals surface area (Å²) < 4.78 is 5.89. The van der Waals surface area contributed by atoms with Crippen molar-refractivity contribution < 1.29 is 23.9 Å². The van der Waals surface area contributed by atoms with Gasteiger partial charge in [0.1, 0.15) is 5.78 Å². The molecule has 3 amide bonds. The van der Waals surface area contributed by atoms with Crippen LogP contribution in [0.25, 0.3) is 0 Å². The van der Waals surface area contributed by atoms with Gasteiger partial charge < -0.3 is 14.8 Å². The predicted octanol–water partition coefficient (Wildman–Crippen LogP) is 1.83. The zero-order chi connectivity index (χ0) is 20.1. The highest BCUT2D eigenvalue weighted by Gasteiger charge is 2.35. The number of hydrogen-bond donors (Lipinski definition) is 1. The molecule has 1 aliphatic heterocycles. The third-order valence-electron chi connectivity index (χ3n) is 4.41. The molecule has 0 aromatic rings. The normalized spacial score (nSPS) is 18.4. The fraction of sp³-hybridized carbons (Fsp3) is 0.789. The lowest BCUT2D eigenvalue weighted by atomic mass is 10.00. The molecule has 0 aromatic carbocycles. The maximum Gasteiger partial charge on any atom is 0.232 e. The number of carbonyl (C=O) groups is 4. The van der Waals surface area contributed by atoms with Crippen LogP contribution in [-0.2, 0) is 23.9 Å². The number of nitrogens with one attached hydrogen (secondary N) is 1. The van der Waals surface area contributed by atoms with E-state index in [1.165, 1.54) is 4.90 Å². The molecule has 0 radical (unpaired) electrons. The average molecular weight is 368 g/mol. The van der Waals surface area contributed by atoms with Gasteiger partial charge in [0, 0.05) is 31.7 Å². The van der Waals surface area contributed by atoms with E-state index in [1.54, 1.807) is 13.8 Å². The molecule has 1 atom stereocenters. The number of amides is 3. The molecule has 0 saturated carbocycles. The summed E-state index contributed by atoms with van der Waals surface area (Å²) in [7, 11) is 0. The van der Waals surface area contributed by atoms with Crippen molar-refractivity contribution in [3.05, 3.63) is 0 Å². The maximum absolute atomic E-state index is 12.2. The van der Waals surface area contributed by atoms with Crippen LogP contribution in [0.3, 0.4) is 0 Å². The molecule has 148 valence electrons. The fourth-order valence-electron chi connectivity index (χ4n) is 2.70. The van der Waals surface area contributed by atoms with Gasteiger partial charge in [0.25, 0.3) is 0 Å². The minimum absolute atomic E-state index is 0.0708. The van der Waals surface area contributed by atoms with Crippen LogP contribution in [0.2, 0.25) is 0 Å². The van der Waals surface area contributed by atoms with Crippen molar-refractivity contribution in [2.24, 2.45) is 5.92 Å². The first kappa shape index (κ1) is 22.3. The van der Waals surface area contributed by atoms with Crippen LogP contribution in [0, 0.1) is 5.92 Å². The molecule has 1 N–H and O–H groups in total. The van der Waals surface area contributed by atoms with E-state index in [2.05, 4.69) is 5.32 Å². The number of rotatable bonds is 10. The van der Waals surface area contributed by atoms with Gasteiger partial charge >= 0.3 is 0 Å². The Morgan fingerprint density at radius 1 is 1.19 bits per heavy atom. The van der Waals surface area contributed by atoms with E-state index in [4.69, 9.17) is 4.74 Å². The standard InChI is InChI=1S/C19H32N2O5/c1-13-11-16(24)21(17(13)25)10-8-15(23)20-18(3,4)12-26-19(5,6)9-7-14(2)22/h13H,7-12H2,1-6H3,(H,20,23). The van der Waals surface area contributed by atoms with E-state index < -0.39 is 11.1 Å². The molecule has 1 unspecified atom stereocenters.